The maximum absolute atomic E-state index is 14.4. The largest absolute Gasteiger partial charge is 0.415 e. The first kappa shape index (κ1) is 51.9. The van der Waals surface area contributed by atoms with Gasteiger partial charge in [-0.05, 0) is 85.8 Å². The molecule has 4 heterocycles. The van der Waals surface area contributed by atoms with Crippen LogP contribution in [0.2, 0.25) is 0 Å². The van der Waals surface area contributed by atoms with Crippen molar-refractivity contribution < 1.29 is 43.1 Å². The Labute approximate surface area is 430 Å². The molecule has 0 aliphatic carbocycles. The van der Waals surface area contributed by atoms with Crippen LogP contribution in [0.15, 0.2) is 91.0 Å². The number of likely N-dealkylation sites (N-methyl/N-ethyl adjacent to an activating group) is 1. The highest BCUT2D eigenvalue weighted by Crippen LogP contribution is 2.46. The summed E-state index contributed by atoms with van der Waals surface area (Å²) in [6.07, 6.45) is 2.43. The van der Waals surface area contributed by atoms with Gasteiger partial charge in [0.2, 0.25) is 17.7 Å². The average molecular weight is 1060 g/mol. The molecule has 6 N–H and O–H groups in total. The van der Waals surface area contributed by atoms with Gasteiger partial charge in [0, 0.05) is 121 Å². The molecule has 19 nitrogen and oxygen atoms in total. The molecular formula is C53H59BrN10O9. The van der Waals surface area contributed by atoms with Crippen LogP contribution in [0.1, 0.15) is 65.9 Å². The molecule has 0 radical (unpaired) electrons. The number of hydrogen-bond donors (Lipinski definition) is 6. The number of fused-ring (bicyclic) bond motifs is 4. The number of carbonyl (C=O) groups excluding carboxylic acids is 8. The van der Waals surface area contributed by atoms with Crippen LogP contribution in [0.25, 0.3) is 21.7 Å². The zero-order valence-electron chi connectivity index (χ0n) is 41.1. The van der Waals surface area contributed by atoms with Crippen LogP contribution in [0.5, 0.6) is 5.75 Å². The van der Waals surface area contributed by atoms with E-state index in [1.807, 2.05) is 45.2 Å². The first-order valence-electron chi connectivity index (χ1n) is 24.4. The molecule has 3 aliphatic heterocycles. The number of rotatable bonds is 18. The number of imide groups is 1. The summed E-state index contributed by atoms with van der Waals surface area (Å²) in [5, 5.41) is 17.4. The molecule has 3 aliphatic rings. The number of aromatic amines is 1. The molecule has 20 heteroatoms. The molecule has 382 valence electrons. The fourth-order valence-electron chi connectivity index (χ4n) is 9.16. The van der Waals surface area contributed by atoms with Gasteiger partial charge in [0.1, 0.15) is 17.5 Å². The third-order valence-corrected chi connectivity index (χ3v) is 14.0. The van der Waals surface area contributed by atoms with Crippen molar-refractivity contribution in [2.75, 3.05) is 80.3 Å². The Bertz CT molecular complexity index is 2970. The van der Waals surface area contributed by atoms with Crippen molar-refractivity contribution in [1.82, 2.24) is 35.6 Å². The van der Waals surface area contributed by atoms with Gasteiger partial charge in [-0.3, -0.25) is 38.5 Å². The van der Waals surface area contributed by atoms with E-state index in [1.54, 1.807) is 71.3 Å². The second kappa shape index (κ2) is 23.0. The van der Waals surface area contributed by atoms with E-state index >= 15 is 0 Å². The molecule has 1 aromatic heterocycles. The lowest BCUT2D eigenvalue weighted by molar-refractivity contribution is -0.137. The molecule has 5 aromatic rings. The molecule has 0 bridgehead atoms. The highest BCUT2D eigenvalue weighted by molar-refractivity contribution is 9.09. The van der Waals surface area contributed by atoms with Crippen LogP contribution in [-0.4, -0.2) is 144 Å². The minimum atomic E-state index is -0.906. The Morgan fingerprint density at radius 1 is 0.808 bits per heavy atom. The van der Waals surface area contributed by atoms with Crippen molar-refractivity contribution in [2.24, 2.45) is 5.92 Å². The molecule has 3 atom stereocenters. The summed E-state index contributed by atoms with van der Waals surface area (Å²) < 4.78 is 6.07. The second-order valence-electron chi connectivity index (χ2n) is 18.8. The predicted octanol–water partition coefficient (Wildman–Crippen LogP) is 5.34. The summed E-state index contributed by atoms with van der Waals surface area (Å²) in [4.78, 5) is 113. The van der Waals surface area contributed by atoms with Gasteiger partial charge in [-0.1, -0.05) is 54.0 Å². The number of piperazine rings is 1. The van der Waals surface area contributed by atoms with Crippen LogP contribution >= 0.6 is 15.9 Å². The molecular weight excluding hydrogens is 1000 g/mol. The summed E-state index contributed by atoms with van der Waals surface area (Å²) in [6, 6.07) is 21.4. The van der Waals surface area contributed by atoms with E-state index in [0.29, 0.717) is 76.4 Å². The number of nitrogens with zero attached hydrogens (tertiary/aromatic N) is 4. The summed E-state index contributed by atoms with van der Waals surface area (Å²) in [5.41, 5.74) is 3.97. The number of carbonyl (C=O) groups is 8. The number of amides is 8. The van der Waals surface area contributed by atoms with E-state index in [4.69, 9.17) is 4.74 Å². The van der Waals surface area contributed by atoms with Gasteiger partial charge in [-0.15, -0.1) is 0 Å². The number of hydrogen-bond acceptors (Lipinski definition) is 11. The van der Waals surface area contributed by atoms with Gasteiger partial charge in [-0.2, -0.15) is 0 Å². The molecule has 0 spiro atoms. The zero-order valence-corrected chi connectivity index (χ0v) is 42.7. The number of nitrogens with one attached hydrogen (secondary N) is 6. The number of H-pyrrole nitrogens is 1. The van der Waals surface area contributed by atoms with E-state index in [9.17, 15) is 38.4 Å². The molecule has 8 amide bonds. The Hall–Kier alpha value is -7.42. The van der Waals surface area contributed by atoms with Crippen LogP contribution in [0.3, 0.4) is 0 Å². The maximum atomic E-state index is 14.4. The Morgan fingerprint density at radius 3 is 2.21 bits per heavy atom. The van der Waals surface area contributed by atoms with Crippen LogP contribution < -0.4 is 36.2 Å². The first-order chi connectivity index (χ1) is 35.1. The molecule has 1 saturated heterocycles. The second-order valence-corrected chi connectivity index (χ2v) is 19.5. The lowest BCUT2D eigenvalue weighted by Crippen LogP contribution is -2.53. The summed E-state index contributed by atoms with van der Waals surface area (Å²) in [6.45, 7) is 8.99. The van der Waals surface area contributed by atoms with E-state index in [1.165, 1.54) is 12.2 Å². The van der Waals surface area contributed by atoms with Gasteiger partial charge < -0.3 is 51.0 Å². The monoisotopic (exact) mass is 1060 g/mol. The van der Waals surface area contributed by atoms with E-state index in [0.717, 1.165) is 34.3 Å². The molecule has 0 unspecified atom stereocenters. The third-order valence-electron chi connectivity index (χ3n) is 13.2. The number of benzene rings is 4. The van der Waals surface area contributed by atoms with Gasteiger partial charge >= 0.3 is 6.09 Å². The molecule has 4 aromatic carbocycles. The minimum Gasteiger partial charge on any atom is -0.409 e. The fraction of sp³-hybridized carbons (Fsp3) is 0.358. The van der Waals surface area contributed by atoms with Crippen molar-refractivity contribution in [3.63, 3.8) is 0 Å². The van der Waals surface area contributed by atoms with Crippen LogP contribution in [-0.2, 0) is 24.0 Å². The standard InChI is InChI=1S/C53H59BrN10O9/c1-31(2)48(56-20-19-55-44(65)10-7-21-63-45(66)17-18-46(63)67)51(70)57-32(3)49(68)58-36-13-11-33(12-14-36)50(69)59-37-15-16-40-34(26-37)27-41(60-40)52(71)64-30-35(29-54)47-39-9-6-5-8-38(39)43(28-42(47)64)73-53(72)62-24-22-61(4)23-25-62/h5-6,8-9,11-18,26-28,31-32,35,48,56,60H,7,10,19-25,29-30H2,1-4H3,(H,55,65)(H,57,70)(H,58,68)(H,59,69)/t32-,35+,48-/m0/s1. The van der Waals surface area contributed by atoms with Crippen molar-refractivity contribution in [2.45, 2.75) is 51.6 Å². The Morgan fingerprint density at radius 2 is 1.51 bits per heavy atom. The summed E-state index contributed by atoms with van der Waals surface area (Å²) >= 11 is 3.68. The topological polar surface area (TPSA) is 235 Å². The Kier molecular flexibility index (Phi) is 16.3. The van der Waals surface area contributed by atoms with Gasteiger partial charge in [0.15, 0.2) is 0 Å². The van der Waals surface area contributed by atoms with Gasteiger partial charge in [0.05, 0.1) is 11.7 Å². The lowest BCUT2D eigenvalue weighted by atomic mass is 9.95. The normalized spacial score (nSPS) is 16.5. The number of anilines is 3. The van der Waals surface area contributed by atoms with Crippen molar-refractivity contribution >= 4 is 102 Å². The van der Waals surface area contributed by atoms with Crippen molar-refractivity contribution in [3.8, 4) is 5.75 Å². The third kappa shape index (κ3) is 12.1. The smallest absolute Gasteiger partial charge is 0.409 e. The van der Waals surface area contributed by atoms with Crippen LogP contribution in [0.4, 0.5) is 21.9 Å². The number of aromatic nitrogens is 1. The van der Waals surface area contributed by atoms with Crippen LogP contribution in [0, 0.1) is 5.92 Å². The summed E-state index contributed by atoms with van der Waals surface area (Å²) in [7, 11) is 2.02. The first-order valence-corrected chi connectivity index (χ1v) is 25.5. The molecule has 1 fully saturated rings. The maximum Gasteiger partial charge on any atom is 0.415 e. The number of alkyl halides is 1. The lowest BCUT2D eigenvalue weighted by Gasteiger charge is -2.31. The predicted molar refractivity (Wildman–Crippen MR) is 281 cm³/mol. The minimum absolute atomic E-state index is 0.0147. The molecule has 8 rings (SSSR count). The number of halogens is 1. The van der Waals surface area contributed by atoms with Gasteiger partial charge in [0.25, 0.3) is 23.6 Å². The number of ether oxygens (including phenoxy) is 1. The highest BCUT2D eigenvalue weighted by atomic mass is 79.9. The van der Waals surface area contributed by atoms with Crippen molar-refractivity contribution in [3.05, 3.63) is 108 Å². The summed E-state index contributed by atoms with van der Waals surface area (Å²) in [5.74, 6) is -2.31. The highest BCUT2D eigenvalue weighted by Gasteiger charge is 2.36. The van der Waals surface area contributed by atoms with E-state index in [-0.39, 0.29) is 49.7 Å². The zero-order chi connectivity index (χ0) is 51.9. The van der Waals surface area contributed by atoms with Crippen molar-refractivity contribution in [1.29, 1.82) is 0 Å². The quantitative estimate of drug-likeness (QED) is 0.0373. The van der Waals surface area contributed by atoms with E-state index in [2.05, 4.69) is 52.4 Å². The molecule has 73 heavy (non-hydrogen) atoms. The molecule has 0 saturated carbocycles. The average Bonchev–Trinajstić information content (AvgIpc) is 4.07. The fourth-order valence-corrected chi connectivity index (χ4v) is 9.69. The van der Waals surface area contributed by atoms with Gasteiger partial charge in [-0.25, -0.2) is 4.79 Å². The SMILES string of the molecule is CC(C)[C@H](NCCNC(=O)CCCN1C(=O)C=CC1=O)C(=O)N[C@@H](C)C(=O)Nc1ccc(C(=O)Nc2ccc3[nH]c(C(=O)N4C[C@@H](CBr)c5c4cc(OC(=O)N4CCN(C)CC4)c4ccccc54)cc3c2)cc1. The van der Waals surface area contributed by atoms with E-state index < -0.39 is 47.7 Å². The Balaban J connectivity index is 0.833.